The molecule has 0 saturated carbocycles. The molecule has 2 aromatic rings. The molecule has 0 fully saturated rings. The fraction of sp³-hybridized carbons (Fsp3) is 0.0909. The molecule has 1 aromatic heterocycles. The number of anilines is 1. The van der Waals surface area contributed by atoms with E-state index < -0.39 is 0 Å². The number of hydrogen-bond donors (Lipinski definition) is 1. The first-order chi connectivity index (χ1) is 8.81. The monoisotopic (exact) mass is 328 g/mol. The number of fused-ring (bicyclic) bond motifs is 1. The summed E-state index contributed by atoms with van der Waals surface area (Å²) >= 11 is 12.2. The first-order valence-corrected chi connectivity index (χ1v) is 8.98. The molecule has 1 aliphatic heterocycles. The van der Waals surface area contributed by atoms with Crippen molar-refractivity contribution in [3.8, 4) is 0 Å². The number of nitrogens with one attached hydrogen (secondary N) is 1. The molecule has 2 nitrogen and oxygen atoms in total. The standard InChI is InChI=1S/C11H8N2S5/c14-11-17-9-10(18-11)16-8(6-15-9)13-12-7-4-2-1-3-5-7/h1-5,12H,6H2/b13-8-. The van der Waals surface area contributed by atoms with E-state index in [1.54, 1.807) is 34.4 Å². The molecule has 0 saturated heterocycles. The zero-order valence-electron chi connectivity index (χ0n) is 9.08. The van der Waals surface area contributed by atoms with Gasteiger partial charge in [-0.3, -0.25) is 5.43 Å². The lowest BCUT2D eigenvalue weighted by atomic mass is 10.3. The van der Waals surface area contributed by atoms with Gasteiger partial charge < -0.3 is 0 Å². The van der Waals surface area contributed by atoms with Crippen molar-refractivity contribution in [1.29, 1.82) is 0 Å². The Kier molecular flexibility index (Phi) is 4.05. The van der Waals surface area contributed by atoms with Crippen LogP contribution in [0.2, 0.25) is 0 Å². The predicted molar refractivity (Wildman–Crippen MR) is 87.1 cm³/mol. The number of thioether (sulfide) groups is 2. The third-order valence-corrected chi connectivity index (χ3v) is 7.80. The Morgan fingerprint density at radius 3 is 2.72 bits per heavy atom. The molecule has 1 aliphatic rings. The van der Waals surface area contributed by atoms with Gasteiger partial charge in [0.05, 0.1) is 14.1 Å². The lowest BCUT2D eigenvalue weighted by Gasteiger charge is -2.11. The highest BCUT2D eigenvalue weighted by molar-refractivity contribution is 8.19. The lowest BCUT2D eigenvalue weighted by molar-refractivity contribution is 1.34. The van der Waals surface area contributed by atoms with E-state index in [-0.39, 0.29) is 0 Å². The van der Waals surface area contributed by atoms with Crippen LogP contribution in [0.25, 0.3) is 0 Å². The molecule has 18 heavy (non-hydrogen) atoms. The smallest absolute Gasteiger partial charge is 0.145 e. The highest BCUT2D eigenvalue weighted by Crippen LogP contribution is 2.45. The Balaban J connectivity index is 1.74. The largest absolute Gasteiger partial charge is 0.278 e. The molecule has 0 bridgehead atoms. The number of para-hydroxylation sites is 1. The van der Waals surface area contributed by atoms with E-state index in [1.165, 1.54) is 8.42 Å². The molecule has 0 radical (unpaired) electrons. The van der Waals surface area contributed by atoms with Gasteiger partial charge in [-0.1, -0.05) is 42.2 Å². The zero-order valence-corrected chi connectivity index (χ0v) is 13.2. The van der Waals surface area contributed by atoms with Crippen LogP contribution < -0.4 is 5.43 Å². The Hall–Kier alpha value is -0.340. The molecule has 3 rings (SSSR count). The summed E-state index contributed by atoms with van der Waals surface area (Å²) in [5, 5.41) is 5.55. The van der Waals surface area contributed by atoms with E-state index in [0.717, 1.165) is 19.6 Å². The van der Waals surface area contributed by atoms with Crippen molar-refractivity contribution < 1.29 is 0 Å². The molecule has 0 atom stereocenters. The van der Waals surface area contributed by atoms with Crippen LogP contribution in [0, 0.1) is 3.14 Å². The maximum atomic E-state index is 5.22. The van der Waals surface area contributed by atoms with Crippen molar-refractivity contribution in [3.05, 3.63) is 33.5 Å². The van der Waals surface area contributed by atoms with Gasteiger partial charge in [-0.2, -0.15) is 5.10 Å². The number of hydrazone groups is 1. The third-order valence-electron chi connectivity index (χ3n) is 2.14. The minimum atomic E-state index is 0.916. The van der Waals surface area contributed by atoms with E-state index in [4.69, 9.17) is 12.2 Å². The number of rotatable bonds is 2. The van der Waals surface area contributed by atoms with Crippen molar-refractivity contribution in [1.82, 2.24) is 0 Å². The lowest BCUT2D eigenvalue weighted by Crippen LogP contribution is -2.03. The Morgan fingerprint density at radius 2 is 1.89 bits per heavy atom. The van der Waals surface area contributed by atoms with Crippen LogP contribution in [0.15, 0.2) is 43.9 Å². The van der Waals surface area contributed by atoms with E-state index in [1.807, 2.05) is 42.1 Å². The summed E-state index contributed by atoms with van der Waals surface area (Å²) in [6.07, 6.45) is 0. The fourth-order valence-electron chi connectivity index (χ4n) is 1.36. The van der Waals surface area contributed by atoms with Crippen LogP contribution in [0.4, 0.5) is 5.69 Å². The Labute approximate surface area is 127 Å². The molecule has 0 unspecified atom stereocenters. The van der Waals surface area contributed by atoms with Gasteiger partial charge in [-0.15, -0.1) is 34.4 Å². The summed E-state index contributed by atoms with van der Waals surface area (Å²) in [4.78, 5) is 0. The minimum Gasteiger partial charge on any atom is -0.278 e. The second-order valence-electron chi connectivity index (χ2n) is 3.40. The molecule has 7 heteroatoms. The van der Waals surface area contributed by atoms with E-state index in [2.05, 4.69) is 10.5 Å². The zero-order chi connectivity index (χ0) is 12.4. The summed E-state index contributed by atoms with van der Waals surface area (Å²) in [6, 6.07) is 9.99. The van der Waals surface area contributed by atoms with E-state index >= 15 is 0 Å². The van der Waals surface area contributed by atoms with Gasteiger partial charge in [-0.25, -0.2) is 0 Å². The molecule has 0 amide bonds. The number of benzene rings is 1. The highest BCUT2D eigenvalue weighted by Gasteiger charge is 2.18. The van der Waals surface area contributed by atoms with Crippen LogP contribution >= 0.6 is 58.4 Å². The van der Waals surface area contributed by atoms with Gasteiger partial charge in [0.1, 0.15) is 8.18 Å². The van der Waals surface area contributed by atoms with E-state index in [0.29, 0.717) is 0 Å². The van der Waals surface area contributed by atoms with Gasteiger partial charge in [0.15, 0.2) is 0 Å². The average Bonchev–Trinajstić information content (AvgIpc) is 2.77. The SMILES string of the molecule is S=c1sc2c(s1)S/C(=N\Nc1ccccc1)CS2. The molecule has 2 heterocycles. The maximum Gasteiger partial charge on any atom is 0.145 e. The quantitative estimate of drug-likeness (QED) is 0.607. The van der Waals surface area contributed by atoms with Gasteiger partial charge in [0, 0.05) is 5.75 Å². The second kappa shape index (κ2) is 5.75. The average molecular weight is 329 g/mol. The summed E-state index contributed by atoms with van der Waals surface area (Å²) < 4.78 is 3.63. The van der Waals surface area contributed by atoms with Gasteiger partial charge in [0.25, 0.3) is 0 Å². The molecule has 92 valence electrons. The van der Waals surface area contributed by atoms with Crippen LogP contribution in [0.5, 0.6) is 0 Å². The first kappa shape index (κ1) is 12.7. The Bertz CT molecular complexity index is 628. The molecule has 1 N–H and O–H groups in total. The van der Waals surface area contributed by atoms with Crippen molar-refractivity contribution in [2.75, 3.05) is 11.2 Å². The normalized spacial score (nSPS) is 16.6. The summed E-state index contributed by atoms with van der Waals surface area (Å²) in [5.74, 6) is 0.916. The van der Waals surface area contributed by atoms with Crippen LogP contribution in [0.3, 0.4) is 0 Å². The summed E-state index contributed by atoms with van der Waals surface area (Å²) in [7, 11) is 0. The van der Waals surface area contributed by atoms with E-state index in [9.17, 15) is 0 Å². The van der Waals surface area contributed by atoms with Crippen LogP contribution in [-0.4, -0.2) is 10.8 Å². The third kappa shape index (κ3) is 2.97. The van der Waals surface area contributed by atoms with Crippen molar-refractivity contribution >= 4 is 69.1 Å². The molecule has 1 aromatic carbocycles. The molecule has 0 spiro atoms. The van der Waals surface area contributed by atoms with Crippen molar-refractivity contribution in [2.24, 2.45) is 5.10 Å². The highest BCUT2D eigenvalue weighted by atomic mass is 32.2. The van der Waals surface area contributed by atoms with Gasteiger partial charge in [-0.05, 0) is 12.1 Å². The van der Waals surface area contributed by atoms with Crippen LogP contribution in [-0.2, 0) is 0 Å². The summed E-state index contributed by atoms with van der Waals surface area (Å²) in [6.45, 7) is 0. The second-order valence-corrected chi connectivity index (χ2v) is 9.21. The van der Waals surface area contributed by atoms with Crippen molar-refractivity contribution in [3.63, 3.8) is 0 Å². The van der Waals surface area contributed by atoms with Crippen molar-refractivity contribution in [2.45, 2.75) is 8.42 Å². The van der Waals surface area contributed by atoms with Crippen LogP contribution in [0.1, 0.15) is 0 Å². The number of hydrogen-bond acceptors (Lipinski definition) is 7. The Morgan fingerprint density at radius 1 is 1.11 bits per heavy atom. The fourth-order valence-corrected chi connectivity index (χ4v) is 7.34. The number of nitrogens with zero attached hydrogens (tertiary/aromatic N) is 1. The molecular formula is C11H8N2S5. The predicted octanol–water partition coefficient (Wildman–Crippen LogP) is 5.16. The molecule has 0 aliphatic carbocycles. The van der Waals surface area contributed by atoms with Gasteiger partial charge >= 0.3 is 0 Å². The maximum absolute atomic E-state index is 5.22. The first-order valence-electron chi connectivity index (χ1n) is 5.13. The topological polar surface area (TPSA) is 24.4 Å². The minimum absolute atomic E-state index is 0.916. The van der Waals surface area contributed by atoms with Gasteiger partial charge in [0.2, 0.25) is 0 Å². The molecular weight excluding hydrogens is 320 g/mol. The summed E-state index contributed by atoms with van der Waals surface area (Å²) in [5.41, 5.74) is 4.10.